The van der Waals surface area contributed by atoms with Gasteiger partial charge in [0.05, 0.1) is 22.5 Å². The number of carbonyl (C=O) groups is 1. The highest BCUT2D eigenvalue weighted by atomic mass is 16.4. The molecule has 7 rings (SSSR count). The van der Waals surface area contributed by atoms with Crippen LogP contribution in [0.1, 0.15) is 33.4 Å². The van der Waals surface area contributed by atoms with Crippen molar-refractivity contribution in [2.24, 2.45) is 4.99 Å². The maximum atomic E-state index is 13.2. The van der Waals surface area contributed by atoms with Crippen LogP contribution in [0, 0.1) is 0 Å². The van der Waals surface area contributed by atoms with Crippen LogP contribution in [-0.2, 0) is 16.8 Å². The van der Waals surface area contributed by atoms with Gasteiger partial charge in [0.2, 0.25) is 0 Å². The molecule has 0 aliphatic heterocycles. The van der Waals surface area contributed by atoms with Gasteiger partial charge in [0.15, 0.2) is 0 Å². The van der Waals surface area contributed by atoms with Gasteiger partial charge in [-0.2, -0.15) is 0 Å². The minimum atomic E-state index is -0.956. The molecule has 2 N–H and O–H groups in total. The largest absolute Gasteiger partial charge is 0.480 e. The predicted octanol–water partition coefficient (Wildman–Crippen LogP) is 8.98. The van der Waals surface area contributed by atoms with E-state index in [4.69, 9.17) is 9.98 Å². The lowest BCUT2D eigenvalue weighted by Crippen LogP contribution is -2.53. The monoisotopic (exact) mass is 637 g/mol. The van der Waals surface area contributed by atoms with Crippen molar-refractivity contribution in [2.75, 3.05) is 0 Å². The Bertz CT molecular complexity index is 2050. The highest BCUT2D eigenvalue weighted by Crippen LogP contribution is 2.38. The SMILES string of the molecule is O=C(O)[C@H](Cc1ccc(N=C(c2ccccc2)c2ccccc2)c2ncccc12)NC(c1ccccc1)(c1ccccc1)c1ccccc1. The molecule has 49 heavy (non-hydrogen) atoms. The van der Waals surface area contributed by atoms with E-state index in [1.807, 2.05) is 115 Å². The maximum absolute atomic E-state index is 13.2. The fraction of sp³-hybridized carbons (Fsp3) is 0.0682. The van der Waals surface area contributed by atoms with Crippen LogP contribution in [0.2, 0.25) is 0 Å². The Kier molecular flexibility index (Phi) is 9.17. The van der Waals surface area contributed by atoms with E-state index in [1.54, 1.807) is 6.20 Å². The summed E-state index contributed by atoms with van der Waals surface area (Å²) in [5.41, 5.74) is 7.04. The number of aliphatic carboxylic acids is 1. The van der Waals surface area contributed by atoms with E-state index in [0.717, 1.165) is 44.5 Å². The van der Waals surface area contributed by atoms with E-state index in [9.17, 15) is 9.90 Å². The average molecular weight is 638 g/mol. The van der Waals surface area contributed by atoms with E-state index in [2.05, 4.69) is 66.0 Å². The lowest BCUT2D eigenvalue weighted by molar-refractivity contribution is -0.139. The van der Waals surface area contributed by atoms with E-state index < -0.39 is 17.6 Å². The molecule has 1 atom stereocenters. The first-order chi connectivity index (χ1) is 24.1. The Morgan fingerprint density at radius 3 is 1.55 bits per heavy atom. The first kappa shape index (κ1) is 31.4. The molecule has 1 aromatic heterocycles. The molecule has 6 aromatic carbocycles. The van der Waals surface area contributed by atoms with Gasteiger partial charge < -0.3 is 5.11 Å². The van der Waals surface area contributed by atoms with Gasteiger partial charge in [-0.25, -0.2) is 4.99 Å². The van der Waals surface area contributed by atoms with Crippen molar-refractivity contribution in [3.8, 4) is 0 Å². The number of nitrogens with zero attached hydrogens (tertiary/aromatic N) is 2. The second-order valence-electron chi connectivity index (χ2n) is 11.9. The third-order valence-corrected chi connectivity index (χ3v) is 8.90. The third-order valence-electron chi connectivity index (χ3n) is 8.90. The zero-order valence-electron chi connectivity index (χ0n) is 26.9. The topological polar surface area (TPSA) is 74.6 Å². The molecule has 0 fully saturated rings. The minimum Gasteiger partial charge on any atom is -0.480 e. The molecule has 0 radical (unpaired) electrons. The zero-order chi connectivity index (χ0) is 33.5. The zero-order valence-corrected chi connectivity index (χ0v) is 26.9. The quantitative estimate of drug-likeness (QED) is 0.110. The van der Waals surface area contributed by atoms with Crippen molar-refractivity contribution in [3.63, 3.8) is 0 Å². The van der Waals surface area contributed by atoms with Gasteiger partial charge in [-0.3, -0.25) is 15.1 Å². The van der Waals surface area contributed by atoms with E-state index >= 15 is 0 Å². The standard InChI is InChI=1S/C44H35N3O2/c48-43(49)40(47-44(35-21-10-3-11-22-35,36-23-12-4-13-24-36)37-25-14-5-15-26-37)31-34-28-29-39(42-38(34)27-16-30-45-42)46-41(32-17-6-1-7-18-32)33-19-8-2-9-20-33/h1-30,40,47H,31H2,(H,48,49)/t40-/m0/s1. The summed E-state index contributed by atoms with van der Waals surface area (Å²) in [5, 5.41) is 15.4. The number of aromatic nitrogens is 1. The number of hydrogen-bond donors (Lipinski definition) is 2. The summed E-state index contributed by atoms with van der Waals surface area (Å²) in [6.07, 6.45) is 1.98. The number of nitrogens with one attached hydrogen (secondary N) is 1. The number of carboxylic acid groups (broad SMARTS) is 1. The first-order valence-corrected chi connectivity index (χ1v) is 16.4. The van der Waals surface area contributed by atoms with Gasteiger partial charge in [0.1, 0.15) is 6.04 Å². The lowest BCUT2D eigenvalue weighted by atomic mass is 9.76. The van der Waals surface area contributed by atoms with Crippen molar-refractivity contribution < 1.29 is 9.90 Å². The van der Waals surface area contributed by atoms with Crippen LogP contribution in [0.25, 0.3) is 10.9 Å². The highest BCUT2D eigenvalue weighted by molar-refractivity contribution is 6.14. The number of hydrogen-bond acceptors (Lipinski definition) is 4. The number of pyridine rings is 1. The molecule has 0 spiro atoms. The summed E-state index contributed by atoms with van der Waals surface area (Å²) in [7, 11) is 0. The van der Waals surface area contributed by atoms with Crippen LogP contribution in [0.5, 0.6) is 0 Å². The van der Waals surface area contributed by atoms with Crippen molar-refractivity contribution in [3.05, 3.63) is 216 Å². The van der Waals surface area contributed by atoms with Gasteiger partial charge in [-0.15, -0.1) is 0 Å². The molecule has 5 heteroatoms. The Hall–Kier alpha value is -6.17. The number of benzene rings is 6. The number of carboxylic acids is 1. The summed E-state index contributed by atoms with van der Waals surface area (Å²) >= 11 is 0. The van der Waals surface area contributed by atoms with E-state index in [1.165, 1.54) is 0 Å². The highest BCUT2D eigenvalue weighted by Gasteiger charge is 2.40. The molecule has 0 amide bonds. The molecule has 0 bridgehead atoms. The van der Waals surface area contributed by atoms with Crippen molar-refractivity contribution in [1.29, 1.82) is 0 Å². The maximum Gasteiger partial charge on any atom is 0.321 e. The number of aliphatic imine (C=N–C) groups is 1. The van der Waals surface area contributed by atoms with Crippen molar-refractivity contribution >= 4 is 28.3 Å². The van der Waals surface area contributed by atoms with Gasteiger partial charge in [0.25, 0.3) is 0 Å². The molecule has 0 aliphatic carbocycles. The molecule has 0 saturated carbocycles. The van der Waals surface area contributed by atoms with Crippen LogP contribution < -0.4 is 5.32 Å². The van der Waals surface area contributed by atoms with Gasteiger partial charge >= 0.3 is 5.97 Å². The molecule has 0 saturated heterocycles. The molecular weight excluding hydrogens is 603 g/mol. The Morgan fingerprint density at radius 2 is 1.08 bits per heavy atom. The van der Waals surface area contributed by atoms with Crippen LogP contribution in [0.3, 0.4) is 0 Å². The number of fused-ring (bicyclic) bond motifs is 1. The summed E-state index contributed by atoms with van der Waals surface area (Å²) in [6, 6.07) is 57.3. The van der Waals surface area contributed by atoms with Gasteiger partial charge in [0, 0.05) is 22.7 Å². The molecule has 1 heterocycles. The molecule has 5 nitrogen and oxygen atoms in total. The molecule has 238 valence electrons. The van der Waals surface area contributed by atoms with Gasteiger partial charge in [-0.1, -0.05) is 164 Å². The van der Waals surface area contributed by atoms with E-state index in [0.29, 0.717) is 11.2 Å². The van der Waals surface area contributed by atoms with Crippen molar-refractivity contribution in [2.45, 2.75) is 18.0 Å². The first-order valence-electron chi connectivity index (χ1n) is 16.4. The van der Waals surface area contributed by atoms with Gasteiger partial charge in [-0.05, 0) is 40.8 Å². The lowest BCUT2D eigenvalue weighted by Gasteiger charge is -2.39. The molecular formula is C44H35N3O2. The summed E-state index contributed by atoms with van der Waals surface area (Å²) in [6.45, 7) is 0. The number of rotatable bonds is 11. The van der Waals surface area contributed by atoms with Crippen LogP contribution in [0.4, 0.5) is 5.69 Å². The van der Waals surface area contributed by atoms with Crippen LogP contribution >= 0.6 is 0 Å². The smallest absolute Gasteiger partial charge is 0.321 e. The Balaban J connectivity index is 1.34. The minimum absolute atomic E-state index is 0.222. The molecule has 7 aromatic rings. The normalized spacial score (nSPS) is 11.9. The fourth-order valence-corrected chi connectivity index (χ4v) is 6.59. The van der Waals surface area contributed by atoms with E-state index in [-0.39, 0.29) is 6.42 Å². The average Bonchev–Trinajstić information content (AvgIpc) is 3.17. The summed E-state index contributed by atoms with van der Waals surface area (Å²) in [5.74, 6) is -0.943. The second kappa shape index (κ2) is 14.3. The second-order valence-corrected chi connectivity index (χ2v) is 11.9. The predicted molar refractivity (Wildman–Crippen MR) is 197 cm³/mol. The Morgan fingerprint density at radius 1 is 0.612 bits per heavy atom. The summed E-state index contributed by atoms with van der Waals surface area (Å²) < 4.78 is 0. The fourth-order valence-electron chi connectivity index (χ4n) is 6.59. The molecule has 0 aliphatic rings. The van der Waals surface area contributed by atoms with Crippen molar-refractivity contribution in [1.82, 2.24) is 10.3 Å². The molecule has 0 unspecified atom stereocenters. The Labute approximate surface area is 286 Å². The third kappa shape index (κ3) is 6.53. The summed E-state index contributed by atoms with van der Waals surface area (Å²) in [4.78, 5) is 23.2. The van der Waals surface area contributed by atoms with Crippen LogP contribution in [-0.4, -0.2) is 27.8 Å². The van der Waals surface area contributed by atoms with Crippen LogP contribution in [0.15, 0.2) is 187 Å².